The second kappa shape index (κ2) is 22.3. The number of hydrogen-bond donors (Lipinski definition) is 0. The van der Waals surface area contributed by atoms with E-state index >= 15 is 0 Å². The summed E-state index contributed by atoms with van der Waals surface area (Å²) in [4.78, 5) is 26.0. The summed E-state index contributed by atoms with van der Waals surface area (Å²) in [7, 11) is 0. The number of allylic oxidation sites excluding steroid dienone is 2. The van der Waals surface area contributed by atoms with Crippen LogP contribution in [0.15, 0.2) is 115 Å². The Morgan fingerprint density at radius 3 is 1.96 bits per heavy atom. The molecule has 0 spiro atoms. The molecule has 2 heterocycles. The van der Waals surface area contributed by atoms with Crippen LogP contribution in [0.25, 0.3) is 0 Å². The fourth-order valence-corrected chi connectivity index (χ4v) is 8.75. The molecule has 57 heavy (non-hydrogen) atoms. The second-order valence-electron chi connectivity index (χ2n) is 16.1. The molecule has 4 unspecified atom stereocenters. The number of esters is 1. The topological polar surface area (TPSA) is 80.3 Å². The van der Waals surface area contributed by atoms with Crippen LogP contribution in [-0.2, 0) is 38.9 Å². The van der Waals surface area contributed by atoms with Crippen LogP contribution in [0, 0.1) is 17.8 Å². The molecule has 6 rings (SSSR count). The first-order valence-corrected chi connectivity index (χ1v) is 21.7. The van der Waals surface area contributed by atoms with Crippen LogP contribution in [0.4, 0.5) is 0 Å². The molecule has 0 N–H and O–H groups in total. The van der Waals surface area contributed by atoms with Crippen molar-refractivity contribution >= 4 is 11.8 Å². The molecule has 7 nitrogen and oxygen atoms in total. The lowest BCUT2D eigenvalue weighted by Crippen LogP contribution is -2.39. The number of unbranched alkanes of at least 4 members (excludes halogenated alkanes) is 1. The van der Waals surface area contributed by atoms with E-state index in [0.717, 1.165) is 74.5 Å². The van der Waals surface area contributed by atoms with E-state index in [1.54, 1.807) is 0 Å². The molecule has 2 saturated heterocycles. The molecule has 0 bridgehead atoms. The minimum Gasteiger partial charge on any atom is -0.436 e. The molecule has 7 atom stereocenters. The summed E-state index contributed by atoms with van der Waals surface area (Å²) in [5, 5.41) is 0. The number of ether oxygens (including phenoxy) is 5. The molecule has 1 saturated carbocycles. The number of ketones is 1. The van der Waals surface area contributed by atoms with Gasteiger partial charge in [-0.05, 0) is 86.8 Å². The molecule has 0 aromatic heterocycles. The quantitative estimate of drug-likeness (QED) is 0.0489. The van der Waals surface area contributed by atoms with Gasteiger partial charge in [0, 0.05) is 37.7 Å². The van der Waals surface area contributed by atoms with Gasteiger partial charge in [-0.15, -0.1) is 0 Å². The highest BCUT2D eigenvalue weighted by atomic mass is 16.7. The predicted molar refractivity (Wildman–Crippen MR) is 224 cm³/mol. The van der Waals surface area contributed by atoms with E-state index in [0.29, 0.717) is 45.3 Å². The normalized spacial score (nSPS) is 24.2. The molecule has 3 fully saturated rings. The number of carbonyl (C=O) groups excluding carboxylic acids is 2. The Morgan fingerprint density at radius 1 is 0.807 bits per heavy atom. The van der Waals surface area contributed by atoms with Gasteiger partial charge >= 0.3 is 5.97 Å². The molecule has 0 radical (unpaired) electrons. The van der Waals surface area contributed by atoms with Gasteiger partial charge in [0.05, 0.1) is 18.8 Å². The summed E-state index contributed by atoms with van der Waals surface area (Å²) in [6.07, 6.45) is 19.1. The Labute approximate surface area is 341 Å². The Bertz CT molecular complexity index is 1580. The van der Waals surface area contributed by atoms with Crippen LogP contribution in [-0.4, -0.2) is 49.8 Å². The lowest BCUT2D eigenvalue weighted by molar-refractivity contribution is -0.192. The summed E-state index contributed by atoms with van der Waals surface area (Å²) < 4.78 is 31.2. The summed E-state index contributed by atoms with van der Waals surface area (Å²) in [5.74, 6) is 0.0238. The minimum atomic E-state index is -0.828. The fraction of sp³-hybridized carbons (Fsp3) is 0.520. The van der Waals surface area contributed by atoms with Gasteiger partial charge in [-0.3, -0.25) is 9.59 Å². The third-order valence-electron chi connectivity index (χ3n) is 11.9. The van der Waals surface area contributed by atoms with Crippen LogP contribution in [0.1, 0.15) is 120 Å². The highest BCUT2D eigenvalue weighted by Gasteiger charge is 2.43. The maximum Gasteiger partial charge on any atom is 0.308 e. The smallest absolute Gasteiger partial charge is 0.308 e. The van der Waals surface area contributed by atoms with Gasteiger partial charge in [-0.2, -0.15) is 0 Å². The first-order chi connectivity index (χ1) is 28.0. The highest BCUT2D eigenvalue weighted by molar-refractivity contribution is 5.85. The zero-order chi connectivity index (χ0) is 39.7. The van der Waals surface area contributed by atoms with E-state index in [1.807, 2.05) is 0 Å². The van der Waals surface area contributed by atoms with Gasteiger partial charge in [0.15, 0.2) is 6.29 Å². The molecule has 1 aliphatic carbocycles. The van der Waals surface area contributed by atoms with Gasteiger partial charge in [-0.25, -0.2) is 0 Å². The third kappa shape index (κ3) is 11.8. The van der Waals surface area contributed by atoms with Gasteiger partial charge in [0.2, 0.25) is 6.29 Å². The maximum absolute atomic E-state index is 13.7. The summed E-state index contributed by atoms with van der Waals surface area (Å²) in [5.41, 5.74) is 2.43. The Kier molecular flexibility index (Phi) is 16.7. The summed E-state index contributed by atoms with van der Waals surface area (Å²) in [6.45, 7) is 5.88. The molecule has 3 aromatic carbocycles. The first-order valence-electron chi connectivity index (χ1n) is 21.7. The van der Waals surface area contributed by atoms with Crippen molar-refractivity contribution in [1.29, 1.82) is 0 Å². The standard InChI is InChI=1S/C50H64O7/c1-3-22-38(2)45(57-50(39-23-9-6-10-24-39,40-25-11-7-12-26-40)41-27-13-8-14-28-41)31-21-30-43-42(44(51)37-46(43)55-48-33-17-19-35-53-48)29-15-4-5-16-32-47(52)56-49-34-18-20-36-54-49/h4,6-15,21,23-28,30,38,42-43,45-46,48-49H,3,5,16-20,22,29,31-37H2,1-2H3/b15-4?,30-21+/t38?,42-,43-,45?,46-,48?,49?/m1/s1. The van der Waals surface area contributed by atoms with Crippen LogP contribution in [0.3, 0.4) is 0 Å². The first kappa shape index (κ1) is 42.7. The molecule has 7 heteroatoms. The van der Waals surface area contributed by atoms with Gasteiger partial charge in [0.1, 0.15) is 11.4 Å². The van der Waals surface area contributed by atoms with Gasteiger partial charge in [0.25, 0.3) is 0 Å². The van der Waals surface area contributed by atoms with E-state index in [-0.39, 0.29) is 48.0 Å². The molecule has 306 valence electrons. The minimum absolute atomic E-state index is 0.0811. The molecule has 3 aromatic rings. The number of benzene rings is 3. The number of rotatable bonds is 20. The van der Waals surface area contributed by atoms with Crippen LogP contribution in [0.2, 0.25) is 0 Å². The van der Waals surface area contributed by atoms with Crippen molar-refractivity contribution in [3.05, 3.63) is 132 Å². The van der Waals surface area contributed by atoms with E-state index < -0.39 is 11.9 Å². The SMILES string of the molecule is CCCC(C)C(C/C=C/[C@H]1[C@H](OC2CCCCO2)CC(=O)[C@@H]1CC=CCCCC(=O)OC1CCCCO1)OC(c1ccccc1)(c1ccccc1)c1ccccc1. The van der Waals surface area contributed by atoms with E-state index in [9.17, 15) is 9.59 Å². The van der Waals surface area contributed by atoms with Crippen molar-refractivity contribution in [3.8, 4) is 0 Å². The average Bonchev–Trinajstić information content (AvgIpc) is 3.54. The van der Waals surface area contributed by atoms with Crippen LogP contribution >= 0.6 is 0 Å². The van der Waals surface area contributed by atoms with Gasteiger partial charge < -0.3 is 23.7 Å². The average molecular weight is 777 g/mol. The van der Waals surface area contributed by atoms with Crippen LogP contribution in [0.5, 0.6) is 0 Å². The molecule has 3 aliphatic rings. The van der Waals surface area contributed by atoms with Crippen LogP contribution < -0.4 is 0 Å². The van der Waals surface area contributed by atoms with Crippen molar-refractivity contribution in [1.82, 2.24) is 0 Å². The molecular formula is C50H64O7. The molecule has 0 amide bonds. The lowest BCUT2D eigenvalue weighted by Gasteiger charge is -2.40. The number of hydrogen-bond acceptors (Lipinski definition) is 7. The monoisotopic (exact) mass is 776 g/mol. The third-order valence-corrected chi connectivity index (χ3v) is 11.9. The number of Topliss-reactive ketones (excluding diaryl/α,β-unsaturated/α-hetero) is 1. The summed E-state index contributed by atoms with van der Waals surface area (Å²) in [6, 6.07) is 31.8. The van der Waals surface area contributed by atoms with Crippen molar-refractivity contribution in [3.63, 3.8) is 0 Å². The zero-order valence-corrected chi connectivity index (χ0v) is 34.2. The second-order valence-corrected chi connectivity index (χ2v) is 16.1. The molecular weight excluding hydrogens is 713 g/mol. The predicted octanol–water partition coefficient (Wildman–Crippen LogP) is 11.0. The van der Waals surface area contributed by atoms with Crippen molar-refractivity contribution < 1.29 is 33.3 Å². The molecule has 2 aliphatic heterocycles. The van der Waals surface area contributed by atoms with Gasteiger partial charge in [-0.1, -0.05) is 136 Å². The zero-order valence-electron chi connectivity index (χ0n) is 34.2. The van der Waals surface area contributed by atoms with E-state index in [2.05, 4.69) is 129 Å². The van der Waals surface area contributed by atoms with E-state index in [1.165, 1.54) is 0 Å². The lowest BCUT2D eigenvalue weighted by atomic mass is 9.79. The van der Waals surface area contributed by atoms with Crippen molar-refractivity contribution in [2.24, 2.45) is 17.8 Å². The Balaban J connectivity index is 1.20. The highest BCUT2D eigenvalue weighted by Crippen LogP contribution is 2.43. The van der Waals surface area contributed by atoms with Crippen molar-refractivity contribution in [2.75, 3.05) is 13.2 Å². The maximum atomic E-state index is 13.7. The number of carbonyl (C=O) groups is 2. The van der Waals surface area contributed by atoms with Crippen molar-refractivity contribution in [2.45, 2.75) is 134 Å². The fourth-order valence-electron chi connectivity index (χ4n) is 8.75. The Morgan fingerprint density at radius 2 is 1.40 bits per heavy atom. The largest absolute Gasteiger partial charge is 0.436 e. The van der Waals surface area contributed by atoms with E-state index in [4.69, 9.17) is 23.7 Å². The summed E-state index contributed by atoms with van der Waals surface area (Å²) >= 11 is 0. The Hall–Kier alpha value is -3.88.